The van der Waals surface area contributed by atoms with Crippen molar-refractivity contribution in [2.45, 2.75) is 50.3 Å². The van der Waals surface area contributed by atoms with Crippen LogP contribution in [0.4, 0.5) is 8.78 Å². The summed E-state index contributed by atoms with van der Waals surface area (Å²) in [5.41, 5.74) is -0.738. The van der Waals surface area contributed by atoms with E-state index in [-0.39, 0.29) is 48.0 Å². The number of amides is 2. The molecule has 5 rings (SSSR count). The fourth-order valence-corrected chi connectivity index (χ4v) is 4.96. The van der Waals surface area contributed by atoms with Crippen LogP contribution in [0.25, 0.3) is 0 Å². The Bertz CT molecular complexity index is 1040. The Balaban J connectivity index is 1.31. The monoisotopic (exact) mass is 478 g/mol. The Kier molecular flexibility index (Phi) is 6.59. The van der Waals surface area contributed by atoms with E-state index in [1.54, 1.807) is 12.1 Å². The van der Waals surface area contributed by atoms with Gasteiger partial charge in [0.05, 0.1) is 16.5 Å². The van der Waals surface area contributed by atoms with Gasteiger partial charge in [0, 0.05) is 18.2 Å². The van der Waals surface area contributed by atoms with Crippen LogP contribution in [-0.2, 0) is 16.1 Å². The Labute approximate surface area is 195 Å². The van der Waals surface area contributed by atoms with Crippen LogP contribution in [0, 0.1) is 17.0 Å². The standard InChI is InChI=1S/C24H25ClF2N2O4/c25-18-6-5-17(11-19(18)27)33-14-21(31)29-23-7-9-24(10-8-23,20(30)12-23)22(32)28-13-15-1-3-16(26)4-2-15/h1-6,11,20,30H,7-10,12-14H2,(H,28,32)(H,29,31)/t20-,23?,24?/m0/s1. The second-order valence-electron chi connectivity index (χ2n) is 8.88. The molecule has 0 saturated heterocycles. The maximum atomic E-state index is 13.5. The topological polar surface area (TPSA) is 87.7 Å². The van der Waals surface area contributed by atoms with Crippen molar-refractivity contribution >= 4 is 23.4 Å². The Morgan fingerprint density at radius 1 is 1.09 bits per heavy atom. The van der Waals surface area contributed by atoms with Gasteiger partial charge in [-0.05, 0) is 61.9 Å². The minimum absolute atomic E-state index is 0.0331. The minimum atomic E-state index is -0.903. The zero-order valence-corrected chi connectivity index (χ0v) is 18.6. The third-order valence-electron chi connectivity index (χ3n) is 6.81. The second kappa shape index (κ2) is 9.27. The van der Waals surface area contributed by atoms with Crippen molar-refractivity contribution in [3.63, 3.8) is 0 Å². The normalized spacial score (nSPS) is 26.0. The summed E-state index contributed by atoms with van der Waals surface area (Å²) in [6, 6.07) is 9.81. The fourth-order valence-electron chi connectivity index (χ4n) is 4.84. The number of hydrogen-bond donors (Lipinski definition) is 3. The number of hydrogen-bond acceptors (Lipinski definition) is 4. The van der Waals surface area contributed by atoms with Gasteiger partial charge in [0.15, 0.2) is 6.61 Å². The number of ether oxygens (including phenoxy) is 1. The maximum Gasteiger partial charge on any atom is 0.258 e. The predicted octanol–water partition coefficient (Wildman–Crippen LogP) is 3.49. The molecule has 0 heterocycles. The molecule has 3 N–H and O–H groups in total. The first kappa shape index (κ1) is 23.4. The van der Waals surface area contributed by atoms with Crippen molar-refractivity contribution in [3.8, 4) is 5.75 Å². The highest BCUT2D eigenvalue weighted by molar-refractivity contribution is 6.30. The lowest BCUT2D eigenvalue weighted by molar-refractivity contribution is -0.156. The van der Waals surface area contributed by atoms with Crippen LogP contribution in [0.5, 0.6) is 5.75 Å². The van der Waals surface area contributed by atoms with Crippen molar-refractivity contribution in [1.82, 2.24) is 10.6 Å². The SMILES string of the molecule is O=C(COc1ccc(Cl)c(F)c1)NC12CCC(C(=O)NCc3ccc(F)cc3)(CC1)[C@@H](O)C2. The van der Waals surface area contributed by atoms with Crippen LogP contribution >= 0.6 is 11.6 Å². The van der Waals surface area contributed by atoms with Crippen molar-refractivity contribution in [2.24, 2.45) is 5.41 Å². The maximum absolute atomic E-state index is 13.5. The lowest BCUT2D eigenvalue weighted by Gasteiger charge is -2.55. The molecule has 3 saturated carbocycles. The summed E-state index contributed by atoms with van der Waals surface area (Å²) in [4.78, 5) is 25.4. The summed E-state index contributed by atoms with van der Waals surface area (Å²) >= 11 is 5.64. The number of halogens is 3. The summed E-state index contributed by atoms with van der Waals surface area (Å²) < 4.78 is 31.9. The minimum Gasteiger partial charge on any atom is -0.484 e. The van der Waals surface area contributed by atoms with E-state index in [9.17, 15) is 23.5 Å². The zero-order valence-electron chi connectivity index (χ0n) is 17.9. The lowest BCUT2D eigenvalue weighted by atomic mass is 9.55. The molecule has 3 aliphatic rings. The number of rotatable bonds is 7. The zero-order chi connectivity index (χ0) is 23.6. The first-order valence-electron chi connectivity index (χ1n) is 10.8. The first-order chi connectivity index (χ1) is 15.7. The molecule has 6 nitrogen and oxygen atoms in total. The van der Waals surface area contributed by atoms with E-state index >= 15 is 0 Å². The molecule has 2 aromatic carbocycles. The Morgan fingerprint density at radius 2 is 1.79 bits per heavy atom. The molecule has 9 heteroatoms. The van der Waals surface area contributed by atoms with Crippen molar-refractivity contribution in [2.75, 3.05) is 6.61 Å². The number of fused-ring (bicyclic) bond motifs is 3. The molecule has 0 spiro atoms. The van der Waals surface area contributed by atoms with Crippen LogP contribution < -0.4 is 15.4 Å². The van der Waals surface area contributed by atoms with E-state index in [4.69, 9.17) is 16.3 Å². The molecule has 0 unspecified atom stereocenters. The highest BCUT2D eigenvalue weighted by Crippen LogP contribution is 2.52. The van der Waals surface area contributed by atoms with Crippen molar-refractivity contribution in [1.29, 1.82) is 0 Å². The van der Waals surface area contributed by atoms with E-state index in [0.29, 0.717) is 25.7 Å². The molecule has 2 bridgehead atoms. The molecule has 3 aliphatic carbocycles. The van der Waals surface area contributed by atoms with Gasteiger partial charge in [-0.2, -0.15) is 0 Å². The van der Waals surface area contributed by atoms with Crippen LogP contribution in [0.2, 0.25) is 5.02 Å². The number of carbonyl (C=O) groups is 2. The third-order valence-corrected chi connectivity index (χ3v) is 7.11. The molecule has 0 aliphatic heterocycles. The van der Waals surface area contributed by atoms with Crippen LogP contribution in [-0.4, -0.2) is 35.2 Å². The van der Waals surface area contributed by atoms with E-state index in [1.807, 2.05) is 0 Å². The largest absolute Gasteiger partial charge is 0.484 e. The molecule has 33 heavy (non-hydrogen) atoms. The van der Waals surface area contributed by atoms with Gasteiger partial charge < -0.3 is 20.5 Å². The molecular weight excluding hydrogens is 454 g/mol. The summed E-state index contributed by atoms with van der Waals surface area (Å²) in [7, 11) is 0. The lowest BCUT2D eigenvalue weighted by Crippen LogP contribution is -2.65. The molecule has 1 atom stereocenters. The molecule has 2 amide bonds. The van der Waals surface area contributed by atoms with Gasteiger partial charge in [-0.3, -0.25) is 9.59 Å². The van der Waals surface area contributed by atoms with Gasteiger partial charge in [-0.15, -0.1) is 0 Å². The van der Waals surface area contributed by atoms with Gasteiger partial charge in [-0.1, -0.05) is 23.7 Å². The van der Waals surface area contributed by atoms with Crippen LogP contribution in [0.3, 0.4) is 0 Å². The number of aliphatic hydroxyl groups excluding tert-OH is 1. The summed E-state index contributed by atoms with van der Waals surface area (Å²) in [6.45, 7) is -0.0552. The second-order valence-corrected chi connectivity index (χ2v) is 9.29. The Hall–Kier alpha value is -2.71. The van der Waals surface area contributed by atoms with E-state index < -0.39 is 22.9 Å². The van der Waals surface area contributed by atoms with Gasteiger partial charge >= 0.3 is 0 Å². The molecular formula is C24H25ClF2N2O4. The highest BCUT2D eigenvalue weighted by Gasteiger charge is 2.58. The smallest absolute Gasteiger partial charge is 0.258 e. The summed E-state index contributed by atoms with van der Waals surface area (Å²) in [5, 5.41) is 16.6. The highest BCUT2D eigenvalue weighted by atomic mass is 35.5. The predicted molar refractivity (Wildman–Crippen MR) is 118 cm³/mol. The summed E-state index contributed by atoms with van der Waals surface area (Å²) in [5.74, 6) is -1.40. The molecule has 176 valence electrons. The molecule has 0 aromatic heterocycles. The van der Waals surface area contributed by atoms with Crippen molar-refractivity contribution in [3.05, 3.63) is 64.7 Å². The summed E-state index contributed by atoms with van der Waals surface area (Å²) in [6.07, 6.45) is 1.34. The number of nitrogens with one attached hydrogen (secondary N) is 2. The fraction of sp³-hybridized carbons (Fsp3) is 0.417. The van der Waals surface area contributed by atoms with Gasteiger partial charge in [0.1, 0.15) is 17.4 Å². The molecule has 3 fully saturated rings. The van der Waals surface area contributed by atoms with Gasteiger partial charge in [0.25, 0.3) is 5.91 Å². The van der Waals surface area contributed by atoms with Crippen LogP contribution in [0.15, 0.2) is 42.5 Å². The van der Waals surface area contributed by atoms with Gasteiger partial charge in [0.2, 0.25) is 5.91 Å². The quantitative estimate of drug-likeness (QED) is 0.568. The van der Waals surface area contributed by atoms with Crippen LogP contribution in [0.1, 0.15) is 37.7 Å². The van der Waals surface area contributed by atoms with E-state index in [1.165, 1.54) is 24.3 Å². The third kappa shape index (κ3) is 4.96. The van der Waals surface area contributed by atoms with Crippen molar-refractivity contribution < 1.29 is 28.2 Å². The van der Waals surface area contributed by atoms with E-state index in [0.717, 1.165) is 11.6 Å². The first-order valence-corrected chi connectivity index (χ1v) is 11.2. The average Bonchev–Trinajstić information content (AvgIpc) is 2.80. The number of aliphatic hydroxyl groups is 1. The molecule has 0 radical (unpaired) electrons. The molecule has 2 aromatic rings. The number of carbonyl (C=O) groups excluding carboxylic acids is 2. The average molecular weight is 479 g/mol. The Morgan fingerprint density at radius 3 is 2.42 bits per heavy atom. The van der Waals surface area contributed by atoms with Gasteiger partial charge in [-0.25, -0.2) is 8.78 Å². The van der Waals surface area contributed by atoms with E-state index in [2.05, 4.69) is 10.6 Å². The number of benzene rings is 2.